The molecular weight excluding hydrogens is 811 g/mol. The van der Waals surface area contributed by atoms with Gasteiger partial charge in [0.2, 0.25) is 18.2 Å². The summed E-state index contributed by atoms with van der Waals surface area (Å²) in [4.78, 5) is 72.1. The molecule has 4 aromatic rings. The SMILES string of the molecule is C=CC(=O)N1CCC1.CCn1c(-c2cccnc2C(C)OC)c2c3cc(ccc31)-c1cccc(c1)CC(NC(=O)C(C(C)C)N(C)C=O)C(=O)N1CCC[C@H](N1)C(=O)OCC(C)(C)C2. The monoisotopic (exact) mass is 875 g/mol. The maximum atomic E-state index is 14.3. The summed E-state index contributed by atoms with van der Waals surface area (Å²) >= 11 is 0. The van der Waals surface area contributed by atoms with Crippen LogP contribution in [0, 0.1) is 11.3 Å². The van der Waals surface area contributed by atoms with Crippen LogP contribution in [0.1, 0.15) is 83.7 Å². The number of aromatic nitrogens is 2. The number of aryl methyl sites for hydroxylation is 1. The van der Waals surface area contributed by atoms with Crippen molar-refractivity contribution < 1.29 is 33.4 Å². The van der Waals surface area contributed by atoms with Gasteiger partial charge in [-0.3, -0.25) is 34.0 Å². The summed E-state index contributed by atoms with van der Waals surface area (Å²) in [6.07, 6.45) is 6.58. The Morgan fingerprint density at radius 3 is 2.45 bits per heavy atom. The number of esters is 1. The van der Waals surface area contributed by atoms with Crippen LogP contribution in [0.5, 0.6) is 0 Å². The first-order valence-corrected chi connectivity index (χ1v) is 22.5. The van der Waals surface area contributed by atoms with Crippen LogP contribution in [-0.2, 0) is 52.8 Å². The molecule has 6 bridgehead atoms. The number of rotatable bonds is 10. The van der Waals surface area contributed by atoms with E-state index >= 15 is 0 Å². The maximum absolute atomic E-state index is 14.3. The van der Waals surface area contributed by atoms with E-state index in [4.69, 9.17) is 14.5 Å². The van der Waals surface area contributed by atoms with E-state index in [9.17, 15) is 24.0 Å². The summed E-state index contributed by atoms with van der Waals surface area (Å²) < 4.78 is 14.2. The Morgan fingerprint density at radius 1 is 1.06 bits per heavy atom. The standard InChI is InChI=1S/C44H56N6O6.C6H9NO/c1-9-49-37-18-17-31-23-33(37)34(40(49)32-15-11-19-45-38(32)28(4)55-8)24-44(5,6)25-56-43(54)35-16-12-20-50(47-35)42(53)36(22-29-13-10-14-30(31)21-29)46-41(52)39(27(2)3)48(7)26-51;1-2-6(8)7-4-3-5-7/h10-11,13-15,17-19,21,23,26-28,35-36,39,47H,9,12,16,20,22,24-25H2,1-8H3,(H,46,52);2H,1,3-5H2/t28?,35-,36?,39?;/m0./s1. The van der Waals surface area contributed by atoms with Gasteiger partial charge >= 0.3 is 5.97 Å². The van der Waals surface area contributed by atoms with E-state index in [2.05, 4.69) is 79.1 Å². The molecule has 0 saturated carbocycles. The number of likely N-dealkylation sites (N-methyl/N-ethyl adjacent to an activating group) is 1. The van der Waals surface area contributed by atoms with Crippen molar-refractivity contribution in [3.63, 3.8) is 0 Å². The third-order valence-electron chi connectivity index (χ3n) is 12.5. The summed E-state index contributed by atoms with van der Waals surface area (Å²) in [5.74, 6) is -1.35. The second kappa shape index (κ2) is 20.8. The average molecular weight is 876 g/mol. The van der Waals surface area contributed by atoms with Crippen LogP contribution in [-0.4, -0.2) is 113 Å². The van der Waals surface area contributed by atoms with Gasteiger partial charge in [-0.1, -0.05) is 64.6 Å². The van der Waals surface area contributed by atoms with Gasteiger partial charge in [0.1, 0.15) is 18.1 Å². The Morgan fingerprint density at radius 2 is 1.81 bits per heavy atom. The Labute approximate surface area is 377 Å². The van der Waals surface area contributed by atoms with Gasteiger partial charge in [-0.25, -0.2) is 5.43 Å². The zero-order chi connectivity index (χ0) is 46.3. The van der Waals surface area contributed by atoms with E-state index < -0.39 is 35.4 Å². The van der Waals surface area contributed by atoms with Crippen molar-refractivity contribution in [1.82, 2.24) is 35.1 Å². The molecule has 5 heterocycles. The first kappa shape index (κ1) is 47.6. The number of hydrazine groups is 1. The van der Waals surface area contributed by atoms with E-state index in [0.29, 0.717) is 32.2 Å². The van der Waals surface area contributed by atoms with Crippen LogP contribution < -0.4 is 10.7 Å². The highest BCUT2D eigenvalue weighted by Gasteiger charge is 2.37. The fourth-order valence-corrected chi connectivity index (χ4v) is 8.93. The lowest BCUT2D eigenvalue weighted by molar-refractivity contribution is -0.155. The molecule has 2 aromatic carbocycles. The molecule has 14 heteroatoms. The van der Waals surface area contributed by atoms with Gasteiger partial charge < -0.3 is 29.2 Å². The second-order valence-corrected chi connectivity index (χ2v) is 18.2. The zero-order valence-electron chi connectivity index (χ0n) is 38.7. The topological polar surface area (TPSA) is 155 Å². The van der Waals surface area contributed by atoms with Gasteiger partial charge in [-0.15, -0.1) is 0 Å². The number of benzene rings is 2. The molecule has 2 fully saturated rings. The van der Waals surface area contributed by atoms with Gasteiger partial charge in [0.25, 0.3) is 5.91 Å². The highest BCUT2D eigenvalue weighted by Crippen LogP contribution is 2.42. The van der Waals surface area contributed by atoms with E-state index in [1.807, 2.05) is 39.0 Å². The van der Waals surface area contributed by atoms with Crippen molar-refractivity contribution in [1.29, 1.82) is 0 Å². The highest BCUT2D eigenvalue weighted by atomic mass is 16.5. The van der Waals surface area contributed by atoms with E-state index in [1.54, 1.807) is 25.3 Å². The minimum atomic E-state index is -0.975. The van der Waals surface area contributed by atoms with E-state index in [0.717, 1.165) is 76.2 Å². The Kier molecular flexibility index (Phi) is 15.4. The third kappa shape index (κ3) is 10.6. The minimum Gasteiger partial charge on any atom is -0.464 e. The van der Waals surface area contributed by atoms with Crippen molar-refractivity contribution in [2.45, 2.75) is 104 Å². The number of hydrogen-bond donors (Lipinski definition) is 2. The van der Waals surface area contributed by atoms with Crippen molar-refractivity contribution in [3.05, 3.63) is 90.3 Å². The van der Waals surface area contributed by atoms with Crippen LogP contribution in [0.3, 0.4) is 0 Å². The van der Waals surface area contributed by atoms with E-state index in [-0.39, 0.29) is 36.9 Å². The van der Waals surface area contributed by atoms with Gasteiger partial charge in [0.15, 0.2) is 0 Å². The lowest BCUT2D eigenvalue weighted by Crippen LogP contribution is -2.61. The van der Waals surface area contributed by atoms with E-state index in [1.165, 1.54) is 16.0 Å². The summed E-state index contributed by atoms with van der Waals surface area (Å²) in [6.45, 7) is 18.5. The molecule has 342 valence electrons. The predicted octanol–water partition coefficient (Wildman–Crippen LogP) is 6.26. The Balaban J connectivity index is 0.000000766. The molecule has 0 radical (unpaired) electrons. The first-order valence-electron chi connectivity index (χ1n) is 22.5. The molecule has 2 saturated heterocycles. The lowest BCUT2D eigenvalue weighted by atomic mass is 9.84. The van der Waals surface area contributed by atoms with Crippen LogP contribution in [0.15, 0.2) is 73.4 Å². The smallest absolute Gasteiger partial charge is 0.324 e. The fraction of sp³-hybridized carbons (Fsp3) is 0.480. The summed E-state index contributed by atoms with van der Waals surface area (Å²) in [5, 5.41) is 5.52. The molecule has 0 aliphatic carbocycles. The number of methoxy groups -OCH3 is 1. The Bertz CT molecular complexity index is 2350. The van der Waals surface area contributed by atoms with Crippen LogP contribution in [0.4, 0.5) is 0 Å². The average Bonchev–Trinajstić information content (AvgIpc) is 3.57. The molecule has 2 N–H and O–H groups in total. The van der Waals surface area contributed by atoms with Crippen molar-refractivity contribution in [2.75, 3.05) is 40.4 Å². The number of nitrogens with zero attached hydrogens (tertiary/aromatic N) is 5. The molecule has 7 rings (SSSR count). The van der Waals surface area contributed by atoms with Crippen molar-refractivity contribution in [3.8, 4) is 22.4 Å². The summed E-state index contributed by atoms with van der Waals surface area (Å²) in [5.41, 5.74) is 10.6. The molecule has 64 heavy (non-hydrogen) atoms. The number of likely N-dealkylation sites (tertiary alicyclic amines) is 1. The van der Waals surface area contributed by atoms with Crippen molar-refractivity contribution >= 4 is 41.0 Å². The van der Waals surface area contributed by atoms with Gasteiger partial charge in [-0.2, -0.15) is 0 Å². The zero-order valence-corrected chi connectivity index (χ0v) is 38.7. The number of hydrogen-bond acceptors (Lipinski definition) is 9. The Hall–Kier alpha value is -5.86. The lowest BCUT2D eigenvalue weighted by Gasteiger charge is -2.36. The minimum absolute atomic E-state index is 0.0660. The normalized spacial score (nSPS) is 19.6. The number of ether oxygens (including phenoxy) is 2. The third-order valence-corrected chi connectivity index (χ3v) is 12.5. The number of carbonyl (C=O) groups excluding carboxylic acids is 5. The molecule has 3 aliphatic rings. The van der Waals surface area contributed by atoms with Gasteiger partial charge in [0, 0.05) is 74.8 Å². The van der Waals surface area contributed by atoms with Gasteiger partial charge in [-0.05, 0) is 98.0 Å². The van der Waals surface area contributed by atoms with Crippen molar-refractivity contribution in [2.24, 2.45) is 11.3 Å². The number of amides is 4. The molecule has 3 aliphatic heterocycles. The van der Waals surface area contributed by atoms with Crippen LogP contribution >= 0.6 is 0 Å². The fourth-order valence-electron chi connectivity index (χ4n) is 8.93. The molecule has 0 spiro atoms. The predicted molar refractivity (Wildman–Crippen MR) is 247 cm³/mol. The summed E-state index contributed by atoms with van der Waals surface area (Å²) in [7, 11) is 3.25. The quantitative estimate of drug-likeness (QED) is 0.107. The number of fused-ring (bicyclic) bond motifs is 6. The molecule has 3 unspecified atom stereocenters. The molecular formula is C50H65N7O7. The number of pyridine rings is 1. The maximum Gasteiger partial charge on any atom is 0.324 e. The highest BCUT2D eigenvalue weighted by molar-refractivity contribution is 5.96. The summed E-state index contributed by atoms with van der Waals surface area (Å²) in [6, 6.07) is 16.1. The van der Waals surface area contributed by atoms with Crippen LogP contribution in [0.25, 0.3) is 33.3 Å². The van der Waals surface area contributed by atoms with Gasteiger partial charge in [0.05, 0.1) is 24.1 Å². The molecule has 4 amide bonds. The molecule has 2 aromatic heterocycles. The second-order valence-electron chi connectivity index (χ2n) is 18.2. The molecule has 14 nitrogen and oxygen atoms in total. The van der Waals surface area contributed by atoms with Crippen LogP contribution in [0.2, 0.25) is 0 Å². The number of cyclic esters (lactones) is 1. The number of carbonyl (C=O) groups is 5. The largest absolute Gasteiger partial charge is 0.464 e. The number of nitrogens with one attached hydrogen (secondary N) is 2. The molecule has 4 atom stereocenters. The first-order chi connectivity index (χ1) is 30.6.